The summed E-state index contributed by atoms with van der Waals surface area (Å²) in [5.74, 6) is 1.85. The van der Waals surface area contributed by atoms with E-state index < -0.39 is 0 Å². The Morgan fingerprint density at radius 3 is 2.70 bits per heavy atom. The fraction of sp³-hybridized carbons (Fsp3) is 0.350. The lowest BCUT2D eigenvalue weighted by molar-refractivity contribution is 0.284. The van der Waals surface area contributed by atoms with Crippen molar-refractivity contribution in [1.82, 2.24) is 20.2 Å². The van der Waals surface area contributed by atoms with Gasteiger partial charge in [-0.3, -0.25) is 0 Å². The van der Waals surface area contributed by atoms with Crippen molar-refractivity contribution in [1.29, 1.82) is 0 Å². The number of methoxy groups -OCH3 is 1. The highest BCUT2D eigenvalue weighted by molar-refractivity contribution is 9.10. The smallest absolute Gasteiger partial charge is 0.243 e. The van der Waals surface area contributed by atoms with Crippen LogP contribution in [0, 0.1) is 0 Å². The Morgan fingerprint density at radius 1 is 1.13 bits per heavy atom. The van der Waals surface area contributed by atoms with Gasteiger partial charge in [0.25, 0.3) is 0 Å². The third-order valence-corrected chi connectivity index (χ3v) is 5.75. The van der Waals surface area contributed by atoms with Crippen molar-refractivity contribution in [3.05, 3.63) is 56.0 Å². The van der Waals surface area contributed by atoms with E-state index in [-0.39, 0.29) is 0 Å². The van der Waals surface area contributed by atoms with Crippen LogP contribution in [0.2, 0.25) is 10.0 Å². The molecule has 0 saturated carbocycles. The maximum absolute atomic E-state index is 6.23. The minimum atomic E-state index is 0.294. The molecular weight excluding hydrogens is 493 g/mol. The monoisotopic (exact) mass is 513 g/mol. The van der Waals surface area contributed by atoms with Crippen molar-refractivity contribution >= 4 is 45.1 Å². The van der Waals surface area contributed by atoms with Crippen LogP contribution >= 0.6 is 39.1 Å². The lowest BCUT2D eigenvalue weighted by Crippen LogP contribution is -2.09. The topological polar surface area (TPSA) is 74.1 Å². The molecule has 0 aliphatic heterocycles. The summed E-state index contributed by atoms with van der Waals surface area (Å²) >= 11 is 15.8. The molecular formula is C20H22BrCl2N5O2. The van der Waals surface area contributed by atoms with Crippen molar-refractivity contribution in [3.8, 4) is 11.5 Å². The molecule has 0 fully saturated rings. The first-order valence-corrected chi connectivity index (χ1v) is 11.0. The number of rotatable bonds is 10. The van der Waals surface area contributed by atoms with Gasteiger partial charge in [0.05, 0.1) is 7.11 Å². The summed E-state index contributed by atoms with van der Waals surface area (Å²) in [5, 5.41) is 16.2. The fourth-order valence-corrected chi connectivity index (χ4v) is 3.67. The van der Waals surface area contributed by atoms with Crippen LogP contribution < -0.4 is 14.8 Å². The first-order valence-electron chi connectivity index (χ1n) is 9.45. The second-order valence-electron chi connectivity index (χ2n) is 6.55. The van der Waals surface area contributed by atoms with Gasteiger partial charge in [-0.2, -0.15) is 0 Å². The van der Waals surface area contributed by atoms with E-state index >= 15 is 0 Å². The zero-order chi connectivity index (χ0) is 21.5. The third-order valence-electron chi connectivity index (χ3n) is 4.42. The molecule has 0 saturated heterocycles. The highest BCUT2D eigenvalue weighted by Crippen LogP contribution is 2.35. The summed E-state index contributed by atoms with van der Waals surface area (Å²) in [6.45, 7) is 3.72. The van der Waals surface area contributed by atoms with Crippen molar-refractivity contribution < 1.29 is 9.47 Å². The average molecular weight is 515 g/mol. The van der Waals surface area contributed by atoms with Gasteiger partial charge < -0.3 is 14.8 Å². The van der Waals surface area contributed by atoms with Gasteiger partial charge in [-0.25, -0.2) is 4.68 Å². The quantitative estimate of drug-likeness (QED) is 0.371. The van der Waals surface area contributed by atoms with Gasteiger partial charge >= 0.3 is 0 Å². The molecule has 1 heterocycles. The molecule has 0 aliphatic rings. The van der Waals surface area contributed by atoms with Gasteiger partial charge in [0.15, 0.2) is 11.5 Å². The summed E-state index contributed by atoms with van der Waals surface area (Å²) in [4.78, 5) is 0. The summed E-state index contributed by atoms with van der Waals surface area (Å²) in [5.41, 5.74) is 1.82. The number of unbranched alkanes of at least 4 members (excludes halogenated alkanes) is 1. The van der Waals surface area contributed by atoms with Crippen LogP contribution in [0.5, 0.6) is 11.5 Å². The van der Waals surface area contributed by atoms with Gasteiger partial charge in [0.1, 0.15) is 6.61 Å². The number of tetrazole rings is 1. The molecule has 7 nitrogen and oxygen atoms in total. The number of anilines is 1. The lowest BCUT2D eigenvalue weighted by atomic mass is 10.2. The second kappa shape index (κ2) is 10.8. The number of ether oxygens (including phenoxy) is 2. The number of aromatic nitrogens is 4. The zero-order valence-electron chi connectivity index (χ0n) is 16.7. The normalized spacial score (nSPS) is 10.8. The van der Waals surface area contributed by atoms with E-state index in [2.05, 4.69) is 43.7 Å². The summed E-state index contributed by atoms with van der Waals surface area (Å²) in [7, 11) is 1.61. The minimum absolute atomic E-state index is 0.294. The van der Waals surface area contributed by atoms with Crippen molar-refractivity contribution in [3.63, 3.8) is 0 Å². The van der Waals surface area contributed by atoms with E-state index in [9.17, 15) is 0 Å². The SMILES string of the molecule is CCCCn1nnnc1NCc1cc(OC)c(OCc2ccc(Cl)cc2Cl)cc1Br. The standard InChI is InChI=1S/C20H22BrCl2N5O2/c1-3-4-7-28-20(25-26-27-28)24-11-14-8-18(29-2)19(10-16(14)21)30-12-13-5-6-15(22)9-17(13)23/h5-6,8-10H,3-4,7,11-12H2,1-2H3,(H,24,25,27). The molecule has 0 aliphatic carbocycles. The van der Waals surface area contributed by atoms with Crippen LogP contribution in [-0.4, -0.2) is 27.3 Å². The van der Waals surface area contributed by atoms with E-state index in [1.165, 1.54) is 0 Å². The predicted molar refractivity (Wildman–Crippen MR) is 122 cm³/mol. The molecule has 3 aromatic rings. The van der Waals surface area contributed by atoms with Crippen molar-refractivity contribution in [2.45, 2.75) is 39.5 Å². The Hall–Kier alpha value is -2.03. The van der Waals surface area contributed by atoms with Gasteiger partial charge in [-0.05, 0) is 46.7 Å². The Labute approximate surface area is 193 Å². The molecule has 30 heavy (non-hydrogen) atoms. The number of hydrogen-bond acceptors (Lipinski definition) is 6. The fourth-order valence-electron chi connectivity index (χ4n) is 2.74. The van der Waals surface area contributed by atoms with Crippen LogP contribution in [-0.2, 0) is 19.7 Å². The first kappa shape index (κ1) is 22.7. The van der Waals surface area contributed by atoms with E-state index in [1.54, 1.807) is 23.9 Å². The van der Waals surface area contributed by atoms with E-state index in [0.29, 0.717) is 40.6 Å². The molecule has 0 spiro atoms. The second-order valence-corrected chi connectivity index (χ2v) is 8.25. The Balaban J connectivity index is 1.70. The zero-order valence-corrected chi connectivity index (χ0v) is 19.8. The van der Waals surface area contributed by atoms with Crippen molar-refractivity contribution in [2.24, 2.45) is 0 Å². The van der Waals surface area contributed by atoms with Gasteiger partial charge in [-0.1, -0.05) is 63.6 Å². The number of nitrogens with zero attached hydrogens (tertiary/aromatic N) is 4. The summed E-state index contributed by atoms with van der Waals surface area (Å²) in [6, 6.07) is 9.10. The molecule has 2 aromatic carbocycles. The number of nitrogens with one attached hydrogen (secondary N) is 1. The number of benzene rings is 2. The lowest BCUT2D eigenvalue weighted by Gasteiger charge is -2.15. The minimum Gasteiger partial charge on any atom is -0.493 e. The summed E-state index contributed by atoms with van der Waals surface area (Å²) in [6.07, 6.45) is 2.09. The predicted octanol–water partition coefficient (Wildman–Crippen LogP) is 5.74. The number of aryl methyl sites for hydroxylation is 1. The maximum atomic E-state index is 6.23. The van der Waals surface area contributed by atoms with Gasteiger partial charge in [-0.15, -0.1) is 0 Å². The van der Waals surface area contributed by atoms with Crippen molar-refractivity contribution in [2.75, 3.05) is 12.4 Å². The van der Waals surface area contributed by atoms with E-state index in [0.717, 1.165) is 35.0 Å². The van der Waals surface area contributed by atoms with Crippen LogP contribution in [0.4, 0.5) is 5.95 Å². The molecule has 0 radical (unpaired) electrons. The van der Waals surface area contributed by atoms with Gasteiger partial charge in [0, 0.05) is 33.2 Å². The van der Waals surface area contributed by atoms with Crippen LogP contribution in [0.1, 0.15) is 30.9 Å². The molecule has 0 amide bonds. The molecule has 0 unspecified atom stereocenters. The largest absolute Gasteiger partial charge is 0.493 e. The highest BCUT2D eigenvalue weighted by Gasteiger charge is 2.13. The molecule has 160 valence electrons. The molecule has 3 rings (SSSR count). The molecule has 10 heteroatoms. The Kier molecular flexibility index (Phi) is 8.18. The summed E-state index contributed by atoms with van der Waals surface area (Å²) < 4.78 is 14.1. The van der Waals surface area contributed by atoms with Gasteiger partial charge in [0.2, 0.25) is 5.95 Å². The Bertz CT molecular complexity index is 999. The first-order chi connectivity index (χ1) is 14.5. The van der Waals surface area contributed by atoms with Crippen LogP contribution in [0.25, 0.3) is 0 Å². The van der Waals surface area contributed by atoms with Crippen LogP contribution in [0.3, 0.4) is 0 Å². The Morgan fingerprint density at radius 2 is 1.97 bits per heavy atom. The van der Waals surface area contributed by atoms with E-state index in [1.807, 2.05) is 18.2 Å². The number of hydrogen-bond donors (Lipinski definition) is 1. The average Bonchev–Trinajstić information content (AvgIpc) is 3.18. The number of halogens is 3. The maximum Gasteiger partial charge on any atom is 0.243 e. The molecule has 1 N–H and O–H groups in total. The third kappa shape index (κ3) is 5.77. The molecule has 1 aromatic heterocycles. The molecule has 0 bridgehead atoms. The van der Waals surface area contributed by atoms with Crippen LogP contribution in [0.15, 0.2) is 34.8 Å². The van der Waals surface area contributed by atoms with E-state index in [4.69, 9.17) is 32.7 Å². The molecule has 0 atom stereocenters. The highest BCUT2D eigenvalue weighted by atomic mass is 79.9.